The maximum Gasteiger partial charge on any atom is 0.188 e. The van der Waals surface area contributed by atoms with Gasteiger partial charge in [-0.15, -0.1) is 0 Å². The minimum Gasteiger partial charge on any atom is -0.507 e. The largest absolute Gasteiger partial charge is 0.507 e. The minimum atomic E-state index is -0.366. The van der Waals surface area contributed by atoms with E-state index < -0.39 is 0 Å². The first-order valence-corrected chi connectivity index (χ1v) is 19.1. The van der Waals surface area contributed by atoms with Crippen LogP contribution in [0.4, 0.5) is 5.69 Å². The summed E-state index contributed by atoms with van der Waals surface area (Å²) in [6.45, 7) is 27.6. The predicted octanol–water partition coefficient (Wildman–Crippen LogP) is 13.6. The second kappa shape index (κ2) is 14.3. The summed E-state index contributed by atoms with van der Waals surface area (Å²) in [5.41, 5.74) is 13.0. The Morgan fingerprint density at radius 1 is 0.741 bits per heavy atom. The van der Waals surface area contributed by atoms with E-state index in [0.717, 1.165) is 62.0 Å². The molecule has 0 spiro atoms. The lowest BCUT2D eigenvalue weighted by Gasteiger charge is -2.23. The zero-order valence-electron chi connectivity index (χ0n) is 33.0. The summed E-state index contributed by atoms with van der Waals surface area (Å²) in [6.07, 6.45) is 2.71. The van der Waals surface area contributed by atoms with Crippen molar-refractivity contribution < 1.29 is 5.11 Å². The number of aromatic nitrogens is 3. The average molecular weight is 711 g/mol. The average Bonchev–Trinajstić information content (AvgIpc) is 3.48. The van der Waals surface area contributed by atoms with Crippen LogP contribution < -0.4 is 0 Å². The van der Waals surface area contributed by atoms with Gasteiger partial charge in [0.15, 0.2) is 5.69 Å². The van der Waals surface area contributed by atoms with Crippen LogP contribution in [0.15, 0.2) is 103 Å². The third-order valence-electron chi connectivity index (χ3n) is 10.4. The smallest absolute Gasteiger partial charge is 0.188 e. The van der Waals surface area contributed by atoms with E-state index in [2.05, 4.69) is 151 Å². The molecule has 1 N–H and O–H groups in total. The van der Waals surface area contributed by atoms with Gasteiger partial charge in [-0.05, 0) is 124 Å². The van der Waals surface area contributed by atoms with Crippen LogP contribution in [0.25, 0.3) is 66.1 Å². The van der Waals surface area contributed by atoms with Crippen molar-refractivity contribution in [3.05, 3.63) is 137 Å². The predicted molar refractivity (Wildman–Crippen MR) is 226 cm³/mol. The van der Waals surface area contributed by atoms with Crippen LogP contribution >= 0.6 is 0 Å². The lowest BCUT2D eigenvalue weighted by Crippen LogP contribution is -2.11. The van der Waals surface area contributed by atoms with Crippen molar-refractivity contribution >= 4 is 27.6 Å². The molecule has 0 fully saturated rings. The Kier molecular flexibility index (Phi) is 9.66. The van der Waals surface area contributed by atoms with Gasteiger partial charge >= 0.3 is 0 Å². The molecule has 5 nitrogen and oxygen atoms in total. The van der Waals surface area contributed by atoms with Gasteiger partial charge in [-0.3, -0.25) is 4.57 Å². The van der Waals surface area contributed by atoms with Crippen LogP contribution in [0.2, 0.25) is 0 Å². The standard InChI is InChI=1S/C49H50N4O/c1-29(2)21-32-22-43(52-44(23-32)41-27-35(50-10)28-42(47(41)54)49(7,8)9)33-24-34(46-37(30(3)4)16-13-17-38(46)31(5)6)26-36(25-33)53-45-19-12-11-15-39(45)40-18-14-20-51-48(40)53/h11-20,22-31,54H,21H2,1-9H3. The maximum atomic E-state index is 11.8. The van der Waals surface area contributed by atoms with Crippen molar-refractivity contribution in [1.82, 2.24) is 14.5 Å². The number of para-hydroxylation sites is 1. The number of hydrogen-bond donors (Lipinski definition) is 1. The molecule has 3 aromatic heterocycles. The zero-order valence-corrected chi connectivity index (χ0v) is 33.0. The number of aromatic hydroxyl groups is 1. The summed E-state index contributed by atoms with van der Waals surface area (Å²) in [7, 11) is 0. The lowest BCUT2D eigenvalue weighted by molar-refractivity contribution is 0.448. The van der Waals surface area contributed by atoms with Gasteiger partial charge in [-0.1, -0.05) is 98.7 Å². The first kappa shape index (κ1) is 36.6. The van der Waals surface area contributed by atoms with Crippen LogP contribution in [0.3, 0.4) is 0 Å². The number of benzene rings is 4. The van der Waals surface area contributed by atoms with Crippen LogP contribution in [0.1, 0.15) is 96.4 Å². The van der Waals surface area contributed by atoms with Crippen LogP contribution in [0, 0.1) is 12.5 Å². The van der Waals surface area contributed by atoms with Crippen LogP contribution in [-0.4, -0.2) is 19.6 Å². The van der Waals surface area contributed by atoms with E-state index in [9.17, 15) is 5.11 Å². The van der Waals surface area contributed by atoms with E-state index in [1.807, 2.05) is 12.3 Å². The fourth-order valence-electron chi connectivity index (χ4n) is 7.89. The Morgan fingerprint density at radius 2 is 1.41 bits per heavy atom. The number of nitrogens with zero attached hydrogens (tertiary/aromatic N) is 4. The summed E-state index contributed by atoms with van der Waals surface area (Å²) in [4.78, 5) is 14.1. The fourth-order valence-corrected chi connectivity index (χ4v) is 7.89. The van der Waals surface area contributed by atoms with E-state index in [4.69, 9.17) is 16.5 Å². The van der Waals surface area contributed by atoms with Crippen LogP contribution in [0.5, 0.6) is 5.75 Å². The van der Waals surface area contributed by atoms with Gasteiger partial charge in [0.1, 0.15) is 11.4 Å². The Hall–Kier alpha value is -5.73. The zero-order chi connectivity index (χ0) is 38.5. The molecule has 4 aromatic carbocycles. The summed E-state index contributed by atoms with van der Waals surface area (Å²) < 4.78 is 2.28. The van der Waals surface area contributed by atoms with Crippen molar-refractivity contribution in [2.45, 2.75) is 86.0 Å². The molecule has 0 unspecified atom stereocenters. The molecule has 5 heteroatoms. The van der Waals surface area contributed by atoms with E-state index in [1.54, 1.807) is 12.1 Å². The number of fused-ring (bicyclic) bond motifs is 3. The first-order valence-electron chi connectivity index (χ1n) is 19.1. The van der Waals surface area contributed by atoms with Crippen molar-refractivity contribution in [3.8, 4) is 45.1 Å². The summed E-state index contributed by atoms with van der Waals surface area (Å²) in [6, 6.07) is 34.1. The second-order valence-corrected chi connectivity index (χ2v) is 16.7. The molecule has 0 saturated heterocycles. The SMILES string of the molecule is [C-]#[N+]c1cc(-c2cc(CC(C)C)cc(-c3cc(-c4c(C(C)C)cccc4C(C)C)cc(-n4c5ccccc5c5cccnc54)c3)n2)c(O)c(C(C)(C)C)c1. The first-order chi connectivity index (χ1) is 25.7. The third kappa shape index (κ3) is 6.78. The highest BCUT2D eigenvalue weighted by molar-refractivity contribution is 6.08. The molecule has 0 bridgehead atoms. The van der Waals surface area contributed by atoms with Gasteiger partial charge in [0.2, 0.25) is 0 Å². The Bertz CT molecular complexity index is 2500. The molecule has 0 amide bonds. The van der Waals surface area contributed by atoms with Gasteiger partial charge in [-0.2, -0.15) is 0 Å². The number of phenolic OH excluding ortho intramolecular Hbond substituents is 1. The third-order valence-corrected chi connectivity index (χ3v) is 10.4. The van der Waals surface area contributed by atoms with Crippen molar-refractivity contribution in [2.24, 2.45) is 5.92 Å². The van der Waals surface area contributed by atoms with Gasteiger partial charge in [0, 0.05) is 33.8 Å². The van der Waals surface area contributed by atoms with Crippen LogP contribution in [-0.2, 0) is 11.8 Å². The molecule has 0 aliphatic rings. The van der Waals surface area contributed by atoms with E-state index in [1.165, 1.54) is 16.7 Å². The Labute approximate surface area is 320 Å². The van der Waals surface area contributed by atoms with Gasteiger partial charge < -0.3 is 5.11 Å². The second-order valence-electron chi connectivity index (χ2n) is 16.7. The summed E-state index contributed by atoms with van der Waals surface area (Å²) >= 11 is 0. The minimum absolute atomic E-state index is 0.174. The number of hydrogen-bond acceptors (Lipinski definition) is 3. The Balaban J connectivity index is 1.58. The van der Waals surface area contributed by atoms with Gasteiger partial charge in [-0.25, -0.2) is 14.8 Å². The monoisotopic (exact) mass is 710 g/mol. The molecule has 0 atom stereocenters. The molecule has 54 heavy (non-hydrogen) atoms. The molecular weight excluding hydrogens is 661 g/mol. The topological polar surface area (TPSA) is 55.3 Å². The molecule has 0 aliphatic heterocycles. The molecule has 7 aromatic rings. The lowest BCUT2D eigenvalue weighted by atomic mass is 9.84. The molecule has 0 saturated carbocycles. The molecule has 272 valence electrons. The number of phenols is 1. The quantitative estimate of drug-likeness (QED) is 0.160. The molecule has 7 rings (SSSR count). The van der Waals surface area contributed by atoms with E-state index in [0.29, 0.717) is 34.7 Å². The molecule has 0 radical (unpaired) electrons. The molecule has 0 aliphatic carbocycles. The normalized spacial score (nSPS) is 12.1. The molecule has 3 heterocycles. The van der Waals surface area contributed by atoms with Crippen molar-refractivity contribution in [2.75, 3.05) is 0 Å². The van der Waals surface area contributed by atoms with Gasteiger partial charge in [0.25, 0.3) is 0 Å². The summed E-state index contributed by atoms with van der Waals surface area (Å²) in [5, 5.41) is 14.1. The Morgan fingerprint density at radius 3 is 2.07 bits per heavy atom. The van der Waals surface area contributed by atoms with Crippen molar-refractivity contribution in [1.29, 1.82) is 0 Å². The van der Waals surface area contributed by atoms with E-state index >= 15 is 0 Å². The highest BCUT2D eigenvalue weighted by Gasteiger charge is 2.24. The summed E-state index contributed by atoms with van der Waals surface area (Å²) in [5.74, 6) is 1.20. The van der Waals surface area contributed by atoms with Gasteiger partial charge in [0.05, 0.1) is 23.5 Å². The highest BCUT2D eigenvalue weighted by Crippen LogP contribution is 2.44. The number of pyridine rings is 2. The fraction of sp³-hybridized carbons (Fsp3) is 0.286. The number of rotatable bonds is 8. The molecular formula is C49H50N4O. The van der Waals surface area contributed by atoms with Crippen molar-refractivity contribution in [3.63, 3.8) is 0 Å². The maximum absolute atomic E-state index is 11.8. The highest BCUT2D eigenvalue weighted by atomic mass is 16.3. The van der Waals surface area contributed by atoms with E-state index in [-0.39, 0.29) is 11.2 Å².